The molecule has 0 saturated heterocycles. The summed E-state index contributed by atoms with van der Waals surface area (Å²) in [7, 11) is 3.55. The first-order chi connectivity index (χ1) is 15.4. The lowest BCUT2D eigenvalue weighted by Crippen LogP contribution is -2.09. The molecule has 32 heavy (non-hydrogen) atoms. The van der Waals surface area contributed by atoms with E-state index in [0.29, 0.717) is 17.4 Å². The van der Waals surface area contributed by atoms with Gasteiger partial charge in [0.25, 0.3) is 0 Å². The van der Waals surface area contributed by atoms with E-state index in [4.69, 9.17) is 14.7 Å². The van der Waals surface area contributed by atoms with Crippen molar-refractivity contribution in [2.24, 2.45) is 5.92 Å². The number of aromatic carboxylic acids is 1. The number of anilines is 1. The Kier molecular flexibility index (Phi) is 5.00. The second-order valence-corrected chi connectivity index (χ2v) is 9.09. The molecule has 0 amide bonds. The van der Waals surface area contributed by atoms with Gasteiger partial charge in [0.05, 0.1) is 24.1 Å². The van der Waals surface area contributed by atoms with Gasteiger partial charge < -0.3 is 18.7 Å². The van der Waals surface area contributed by atoms with Crippen molar-refractivity contribution in [1.82, 2.24) is 18.9 Å². The number of pyridine rings is 2. The molecule has 9 heteroatoms. The van der Waals surface area contributed by atoms with E-state index in [1.54, 1.807) is 18.0 Å². The van der Waals surface area contributed by atoms with Gasteiger partial charge in [-0.15, -0.1) is 0 Å². The van der Waals surface area contributed by atoms with E-state index < -0.39 is 5.97 Å². The van der Waals surface area contributed by atoms with Crippen LogP contribution in [0.3, 0.4) is 0 Å². The molecule has 4 aromatic heterocycles. The van der Waals surface area contributed by atoms with Crippen molar-refractivity contribution in [2.75, 3.05) is 24.7 Å². The van der Waals surface area contributed by atoms with Crippen LogP contribution < -0.4 is 9.04 Å². The molecule has 1 saturated carbocycles. The van der Waals surface area contributed by atoms with Gasteiger partial charge in [0, 0.05) is 31.3 Å². The highest BCUT2D eigenvalue weighted by atomic mass is 32.2. The second kappa shape index (κ2) is 7.74. The number of carbonyl (C=O) groups is 1. The number of rotatable bonds is 7. The number of fused-ring (bicyclic) bond motifs is 2. The number of methoxy groups -OCH3 is 1. The first-order valence-corrected chi connectivity index (χ1v) is 11.7. The zero-order valence-corrected chi connectivity index (χ0v) is 19.3. The maximum Gasteiger partial charge on any atom is 0.336 e. The van der Waals surface area contributed by atoms with Gasteiger partial charge in [0.1, 0.15) is 22.8 Å². The molecule has 0 atom stereocenters. The molecular weight excluding hydrogens is 426 g/mol. The fourth-order valence-corrected chi connectivity index (χ4v) is 4.41. The Balaban J connectivity index is 1.74. The van der Waals surface area contributed by atoms with Crippen LogP contribution in [0.5, 0.6) is 5.88 Å². The third-order valence-corrected chi connectivity index (χ3v) is 6.81. The highest BCUT2D eigenvalue weighted by Gasteiger charge is 2.27. The van der Waals surface area contributed by atoms with Crippen LogP contribution in [0.2, 0.25) is 0 Å². The predicted octanol–water partition coefficient (Wildman–Crippen LogP) is 4.49. The first-order valence-electron chi connectivity index (χ1n) is 10.5. The Bertz CT molecular complexity index is 1360. The number of aryl methyl sites for hydroxylation is 1. The summed E-state index contributed by atoms with van der Waals surface area (Å²) in [6, 6.07) is 9.37. The maximum atomic E-state index is 11.6. The number of carboxylic acid groups (broad SMARTS) is 1. The average Bonchev–Trinajstić information content (AvgIpc) is 3.46. The lowest BCUT2D eigenvalue weighted by atomic mass is 10.2. The van der Waals surface area contributed by atoms with Crippen molar-refractivity contribution in [3.05, 3.63) is 41.6 Å². The molecule has 0 unspecified atom stereocenters. The maximum absolute atomic E-state index is 11.6. The Labute approximate surface area is 190 Å². The van der Waals surface area contributed by atoms with Gasteiger partial charge in [0.2, 0.25) is 0 Å². The van der Waals surface area contributed by atoms with Crippen molar-refractivity contribution in [3.8, 4) is 17.3 Å². The molecule has 0 radical (unpaired) electrons. The van der Waals surface area contributed by atoms with E-state index >= 15 is 0 Å². The van der Waals surface area contributed by atoms with E-state index in [1.165, 1.54) is 26.0 Å². The fourth-order valence-electron chi connectivity index (χ4n) is 4.12. The molecule has 8 nitrogen and oxygen atoms in total. The SMILES string of the molecule is COc1cc(C(=O)O)cc2nc(-c3cc4ccc(N(C)SC)nc4n3CC3CC3)c(C)n12. The molecule has 0 spiro atoms. The summed E-state index contributed by atoms with van der Waals surface area (Å²) in [5.41, 5.74) is 4.34. The molecule has 0 aromatic carbocycles. The van der Waals surface area contributed by atoms with Gasteiger partial charge in [-0.3, -0.25) is 4.40 Å². The third kappa shape index (κ3) is 3.37. The van der Waals surface area contributed by atoms with E-state index in [1.807, 2.05) is 35.0 Å². The summed E-state index contributed by atoms with van der Waals surface area (Å²) in [4.78, 5) is 21.4. The van der Waals surface area contributed by atoms with Crippen molar-refractivity contribution in [3.63, 3.8) is 0 Å². The first kappa shape index (κ1) is 20.7. The van der Waals surface area contributed by atoms with Crippen LogP contribution in [0.25, 0.3) is 28.1 Å². The monoisotopic (exact) mass is 451 g/mol. The normalized spacial score (nSPS) is 13.8. The van der Waals surface area contributed by atoms with Crippen LogP contribution in [0, 0.1) is 12.8 Å². The minimum Gasteiger partial charge on any atom is -0.482 e. The standard InChI is InChI=1S/C23H25N5O3S/c1-13-21(24-19-10-16(23(29)30)11-20(31-3)28(13)19)17-9-15-7-8-18(26(2)32-4)25-22(15)27(17)12-14-5-6-14/h7-11,14H,5-6,12H2,1-4H3,(H,29,30). The van der Waals surface area contributed by atoms with Gasteiger partial charge in [-0.1, -0.05) is 11.9 Å². The van der Waals surface area contributed by atoms with Crippen molar-refractivity contribution < 1.29 is 14.6 Å². The Morgan fingerprint density at radius 2 is 2.06 bits per heavy atom. The van der Waals surface area contributed by atoms with Gasteiger partial charge >= 0.3 is 5.97 Å². The number of imidazole rings is 1. The number of nitrogens with zero attached hydrogens (tertiary/aromatic N) is 5. The zero-order valence-electron chi connectivity index (χ0n) is 18.5. The molecule has 4 aromatic rings. The largest absolute Gasteiger partial charge is 0.482 e. The number of aromatic nitrogens is 4. The van der Waals surface area contributed by atoms with Gasteiger partial charge in [-0.25, -0.2) is 14.8 Å². The van der Waals surface area contributed by atoms with Gasteiger partial charge in [-0.05, 0) is 49.9 Å². The van der Waals surface area contributed by atoms with Crippen LogP contribution in [0.1, 0.15) is 28.9 Å². The highest BCUT2D eigenvalue weighted by molar-refractivity contribution is 7.99. The lowest BCUT2D eigenvalue weighted by Gasteiger charge is -2.15. The summed E-state index contributed by atoms with van der Waals surface area (Å²) >= 11 is 1.62. The van der Waals surface area contributed by atoms with Gasteiger partial charge in [0.15, 0.2) is 5.88 Å². The average molecular weight is 452 g/mol. The Morgan fingerprint density at radius 1 is 1.28 bits per heavy atom. The van der Waals surface area contributed by atoms with Crippen LogP contribution in [0.15, 0.2) is 30.3 Å². The molecule has 1 N–H and O–H groups in total. The highest BCUT2D eigenvalue weighted by Crippen LogP contribution is 2.37. The van der Waals surface area contributed by atoms with E-state index in [2.05, 4.69) is 16.7 Å². The number of hydrogen-bond acceptors (Lipinski definition) is 6. The fraction of sp³-hybridized carbons (Fsp3) is 0.348. The number of carboxylic acids is 1. The van der Waals surface area contributed by atoms with Crippen LogP contribution in [-0.2, 0) is 6.54 Å². The molecule has 0 bridgehead atoms. The number of hydrogen-bond donors (Lipinski definition) is 1. The summed E-state index contributed by atoms with van der Waals surface area (Å²) in [5, 5.41) is 10.5. The molecule has 1 fully saturated rings. The Morgan fingerprint density at radius 3 is 2.72 bits per heavy atom. The van der Waals surface area contributed by atoms with Crippen molar-refractivity contribution in [1.29, 1.82) is 0 Å². The zero-order chi connectivity index (χ0) is 22.6. The topological polar surface area (TPSA) is 84.9 Å². The smallest absolute Gasteiger partial charge is 0.336 e. The van der Waals surface area contributed by atoms with Crippen LogP contribution in [-0.4, -0.2) is 50.4 Å². The van der Waals surface area contributed by atoms with Crippen molar-refractivity contribution >= 4 is 40.4 Å². The molecule has 4 heterocycles. The summed E-state index contributed by atoms with van der Waals surface area (Å²) in [5.74, 6) is 0.998. The molecule has 166 valence electrons. The summed E-state index contributed by atoms with van der Waals surface area (Å²) < 4.78 is 11.7. The molecule has 1 aliphatic rings. The van der Waals surface area contributed by atoms with Gasteiger partial charge in [-0.2, -0.15) is 0 Å². The minimum atomic E-state index is -1.01. The van der Waals surface area contributed by atoms with E-state index in [9.17, 15) is 9.90 Å². The molecule has 5 rings (SSSR count). The second-order valence-electron chi connectivity index (χ2n) is 8.18. The summed E-state index contributed by atoms with van der Waals surface area (Å²) in [6.45, 7) is 2.88. The van der Waals surface area contributed by atoms with E-state index in [-0.39, 0.29) is 5.56 Å². The molecular formula is C23H25N5O3S. The molecule has 0 aliphatic heterocycles. The molecule has 1 aliphatic carbocycles. The summed E-state index contributed by atoms with van der Waals surface area (Å²) in [6.07, 6.45) is 4.48. The van der Waals surface area contributed by atoms with Crippen molar-refractivity contribution in [2.45, 2.75) is 26.3 Å². The third-order valence-electron chi connectivity index (χ3n) is 6.08. The number of ether oxygens (including phenoxy) is 1. The minimum absolute atomic E-state index is 0.149. The quantitative estimate of drug-likeness (QED) is 0.414. The van der Waals surface area contributed by atoms with Crippen LogP contribution in [0.4, 0.5) is 5.82 Å². The lowest BCUT2D eigenvalue weighted by molar-refractivity contribution is 0.0696. The Hall–Kier alpha value is -3.20. The van der Waals surface area contributed by atoms with E-state index in [0.717, 1.165) is 40.5 Å². The van der Waals surface area contributed by atoms with Crippen LogP contribution >= 0.6 is 11.9 Å². The predicted molar refractivity (Wildman–Crippen MR) is 127 cm³/mol.